The molecule has 0 aliphatic rings. The van der Waals surface area contributed by atoms with Gasteiger partial charge in [-0.2, -0.15) is 9.40 Å². The van der Waals surface area contributed by atoms with E-state index < -0.39 is 27.4 Å². The number of sulfonamides is 1. The molecule has 3 N–H and O–H groups in total. The molecule has 0 atom stereocenters. The molecule has 0 aliphatic carbocycles. The quantitative estimate of drug-likeness (QED) is 0.473. The molecule has 0 aliphatic heterocycles. The molecule has 2 aromatic carbocycles. The summed E-state index contributed by atoms with van der Waals surface area (Å²) in [5.74, 6) is -1.27. The minimum absolute atomic E-state index is 0.0712. The molecule has 1 aromatic heterocycles. The van der Waals surface area contributed by atoms with E-state index in [0.29, 0.717) is 5.56 Å². The Hall–Kier alpha value is -3.83. The van der Waals surface area contributed by atoms with Gasteiger partial charge >= 0.3 is 0 Å². The number of amides is 2. The molecule has 10 nitrogen and oxygen atoms in total. The number of carbonyl (C=O) groups excluding carboxylic acids is 2. The first kappa shape index (κ1) is 22.8. The summed E-state index contributed by atoms with van der Waals surface area (Å²) in [5, 5.41) is 5.68. The lowest BCUT2D eigenvalue weighted by atomic mass is 10.1. The van der Waals surface area contributed by atoms with E-state index in [4.69, 9.17) is 0 Å². The van der Waals surface area contributed by atoms with Crippen LogP contribution >= 0.6 is 0 Å². The molecule has 3 rings (SSSR count). The van der Waals surface area contributed by atoms with Crippen LogP contribution in [0.5, 0.6) is 0 Å². The third-order valence-corrected chi connectivity index (χ3v) is 6.37. The molecule has 0 radical (unpaired) electrons. The number of nitrogens with one attached hydrogen (secondary N) is 3. The van der Waals surface area contributed by atoms with Gasteiger partial charge in [0, 0.05) is 25.2 Å². The van der Waals surface area contributed by atoms with Crippen LogP contribution < -0.4 is 16.4 Å². The van der Waals surface area contributed by atoms with Crippen LogP contribution in [-0.4, -0.2) is 41.8 Å². The summed E-state index contributed by atoms with van der Waals surface area (Å²) in [7, 11) is -2.17. The first-order chi connectivity index (χ1) is 15.2. The zero-order valence-corrected chi connectivity index (χ0v) is 18.1. The second-order valence-corrected chi connectivity index (χ2v) is 9.03. The van der Waals surface area contributed by atoms with Gasteiger partial charge in [-0.25, -0.2) is 13.5 Å². The second kappa shape index (κ2) is 9.54. The van der Waals surface area contributed by atoms with Crippen LogP contribution in [0.3, 0.4) is 0 Å². The highest BCUT2D eigenvalue weighted by atomic mass is 32.2. The zero-order chi connectivity index (χ0) is 23.3. The Morgan fingerprint density at radius 2 is 1.56 bits per heavy atom. The molecule has 0 unspecified atom stereocenters. The topological polar surface area (TPSA) is 141 Å². The minimum Gasteiger partial charge on any atom is -0.268 e. The van der Waals surface area contributed by atoms with Gasteiger partial charge in [0.1, 0.15) is 0 Å². The van der Waals surface area contributed by atoms with Crippen LogP contribution in [0.15, 0.2) is 70.4 Å². The van der Waals surface area contributed by atoms with E-state index in [-0.39, 0.29) is 22.7 Å². The normalized spacial score (nSPS) is 11.2. The van der Waals surface area contributed by atoms with Gasteiger partial charge in [-0.15, -0.1) is 0 Å². The number of aryl methyl sites for hydroxylation is 1. The molecule has 166 valence electrons. The number of benzene rings is 2. The highest BCUT2D eigenvalue weighted by Crippen LogP contribution is 2.17. The van der Waals surface area contributed by atoms with E-state index in [0.717, 1.165) is 11.6 Å². The largest absolute Gasteiger partial charge is 0.290 e. The lowest BCUT2D eigenvalue weighted by Crippen LogP contribution is -2.42. The summed E-state index contributed by atoms with van der Waals surface area (Å²) in [6, 6.07) is 15.2. The number of hydrazine groups is 1. The van der Waals surface area contributed by atoms with Gasteiger partial charge in [0.25, 0.3) is 17.4 Å². The number of nitrogens with zero attached hydrogens (tertiary/aromatic N) is 2. The highest BCUT2D eigenvalue weighted by Gasteiger charge is 2.21. The lowest BCUT2D eigenvalue weighted by Gasteiger charge is -2.17. The van der Waals surface area contributed by atoms with Gasteiger partial charge in [0.05, 0.1) is 4.90 Å². The third kappa shape index (κ3) is 5.45. The van der Waals surface area contributed by atoms with E-state index in [2.05, 4.69) is 21.0 Å². The SMILES string of the molecule is Cc1ccc(S(=O)(=O)N(C)Cc2ccc(C(=O)NNC(=O)c3ccc(=O)[nH]n3)cc2)cc1. The molecular formula is C21H21N5O5S. The van der Waals surface area contributed by atoms with Gasteiger partial charge in [-0.05, 0) is 42.8 Å². The summed E-state index contributed by atoms with van der Waals surface area (Å²) < 4.78 is 26.6. The molecule has 32 heavy (non-hydrogen) atoms. The molecule has 0 bridgehead atoms. The summed E-state index contributed by atoms with van der Waals surface area (Å²) in [6.45, 7) is 2.00. The molecule has 0 saturated carbocycles. The fourth-order valence-electron chi connectivity index (χ4n) is 2.71. The Balaban J connectivity index is 1.59. The smallest absolute Gasteiger partial charge is 0.268 e. The van der Waals surface area contributed by atoms with Crippen molar-refractivity contribution in [3.8, 4) is 0 Å². The van der Waals surface area contributed by atoms with Crippen molar-refractivity contribution in [2.45, 2.75) is 18.4 Å². The average molecular weight is 455 g/mol. The molecule has 2 amide bonds. The maximum Gasteiger partial charge on any atom is 0.290 e. The Morgan fingerprint density at radius 3 is 2.16 bits per heavy atom. The monoisotopic (exact) mass is 455 g/mol. The van der Waals surface area contributed by atoms with Crippen molar-refractivity contribution < 1.29 is 18.0 Å². The summed E-state index contributed by atoms with van der Waals surface area (Å²) >= 11 is 0. The van der Waals surface area contributed by atoms with Crippen LogP contribution in [0.2, 0.25) is 0 Å². The molecule has 0 saturated heterocycles. The molecule has 3 aromatic rings. The van der Waals surface area contributed by atoms with Crippen molar-refractivity contribution in [1.82, 2.24) is 25.4 Å². The first-order valence-electron chi connectivity index (χ1n) is 9.45. The maximum absolute atomic E-state index is 12.7. The van der Waals surface area contributed by atoms with Crippen LogP contribution in [0, 0.1) is 6.92 Å². The van der Waals surface area contributed by atoms with Crippen molar-refractivity contribution in [3.63, 3.8) is 0 Å². The Bertz CT molecular complexity index is 1260. The van der Waals surface area contributed by atoms with Gasteiger partial charge < -0.3 is 0 Å². The van der Waals surface area contributed by atoms with E-state index in [1.807, 2.05) is 6.92 Å². The van der Waals surface area contributed by atoms with E-state index in [1.54, 1.807) is 36.4 Å². The van der Waals surface area contributed by atoms with Crippen molar-refractivity contribution in [3.05, 3.63) is 93.4 Å². The summed E-state index contributed by atoms with van der Waals surface area (Å²) in [4.78, 5) is 35.3. The number of aromatic amines is 1. The molecule has 0 fully saturated rings. The van der Waals surface area contributed by atoms with Crippen LogP contribution in [0.1, 0.15) is 32.0 Å². The highest BCUT2D eigenvalue weighted by molar-refractivity contribution is 7.89. The summed E-state index contributed by atoms with van der Waals surface area (Å²) in [6.07, 6.45) is 0. The number of hydrogen-bond donors (Lipinski definition) is 3. The van der Waals surface area contributed by atoms with Gasteiger partial charge in [-0.1, -0.05) is 29.8 Å². The number of carbonyl (C=O) groups is 2. The van der Waals surface area contributed by atoms with E-state index >= 15 is 0 Å². The average Bonchev–Trinajstić information content (AvgIpc) is 2.78. The number of hydrogen-bond acceptors (Lipinski definition) is 6. The van der Waals surface area contributed by atoms with Gasteiger partial charge in [0.15, 0.2) is 5.69 Å². The van der Waals surface area contributed by atoms with Crippen LogP contribution in [-0.2, 0) is 16.6 Å². The molecule has 0 spiro atoms. The van der Waals surface area contributed by atoms with E-state index in [1.165, 1.54) is 29.6 Å². The predicted molar refractivity (Wildman–Crippen MR) is 116 cm³/mol. The van der Waals surface area contributed by atoms with Gasteiger partial charge in [0.2, 0.25) is 10.0 Å². The Morgan fingerprint density at radius 1 is 0.938 bits per heavy atom. The lowest BCUT2D eigenvalue weighted by molar-refractivity contribution is 0.0843. The second-order valence-electron chi connectivity index (χ2n) is 6.99. The molecular weight excluding hydrogens is 434 g/mol. The third-order valence-electron chi connectivity index (χ3n) is 4.55. The molecule has 1 heterocycles. The minimum atomic E-state index is -3.65. The van der Waals surface area contributed by atoms with Crippen molar-refractivity contribution in [1.29, 1.82) is 0 Å². The number of H-pyrrole nitrogens is 1. The first-order valence-corrected chi connectivity index (χ1v) is 10.9. The van der Waals surface area contributed by atoms with Crippen molar-refractivity contribution in [2.24, 2.45) is 0 Å². The van der Waals surface area contributed by atoms with Crippen LogP contribution in [0.4, 0.5) is 0 Å². The van der Waals surface area contributed by atoms with E-state index in [9.17, 15) is 22.8 Å². The predicted octanol–water partition coefficient (Wildman–Crippen LogP) is 0.974. The standard InChI is InChI=1S/C21H21N5O5S/c1-14-3-9-17(10-4-14)32(30,31)26(2)13-15-5-7-16(8-6-15)20(28)24-25-21(29)18-11-12-19(27)23-22-18/h3-12H,13H2,1-2H3,(H,23,27)(H,24,28)(H,25,29). The summed E-state index contributed by atoms with van der Waals surface area (Å²) in [5.41, 5.74) is 5.82. The fourth-order valence-corrected chi connectivity index (χ4v) is 3.87. The Kier molecular flexibility index (Phi) is 6.81. The van der Waals surface area contributed by atoms with Gasteiger partial charge in [-0.3, -0.25) is 25.2 Å². The number of aromatic nitrogens is 2. The van der Waals surface area contributed by atoms with Crippen LogP contribution in [0.25, 0.3) is 0 Å². The fraction of sp³-hybridized carbons (Fsp3) is 0.143. The Labute approximate surface area is 184 Å². The maximum atomic E-state index is 12.7. The molecule has 11 heteroatoms. The van der Waals surface area contributed by atoms with Crippen molar-refractivity contribution >= 4 is 21.8 Å². The zero-order valence-electron chi connectivity index (χ0n) is 17.3. The number of rotatable bonds is 6. The van der Waals surface area contributed by atoms with Crippen molar-refractivity contribution in [2.75, 3.05) is 7.05 Å².